The Balaban J connectivity index is 2.25. The van der Waals surface area contributed by atoms with Crippen LogP contribution in [0.2, 0.25) is 0 Å². The average Bonchev–Trinajstić information content (AvgIpc) is 2.58. The van der Waals surface area contributed by atoms with Gasteiger partial charge in [-0.25, -0.2) is 0 Å². The molecule has 138 valence electrons. The molecule has 0 amide bonds. The van der Waals surface area contributed by atoms with Gasteiger partial charge in [-0.1, -0.05) is 40.2 Å². The third-order valence-electron chi connectivity index (χ3n) is 6.74. The van der Waals surface area contributed by atoms with Crippen LogP contribution in [0.5, 0.6) is 5.75 Å². The molecule has 0 radical (unpaired) electrons. The number of esters is 1. The molecule has 0 aromatic heterocycles. The zero-order chi connectivity index (χ0) is 18.4. The van der Waals surface area contributed by atoms with Crippen molar-refractivity contribution < 1.29 is 14.3 Å². The van der Waals surface area contributed by atoms with E-state index in [9.17, 15) is 4.79 Å². The Morgan fingerprint density at radius 2 is 1.92 bits per heavy atom. The second-order valence-electron chi connectivity index (χ2n) is 8.80. The predicted molar refractivity (Wildman–Crippen MR) is 100 cm³/mol. The lowest BCUT2D eigenvalue weighted by atomic mass is 9.49. The van der Waals surface area contributed by atoms with Gasteiger partial charge < -0.3 is 9.47 Å². The molecule has 2 aliphatic rings. The summed E-state index contributed by atoms with van der Waals surface area (Å²) in [5, 5.41) is 0. The van der Waals surface area contributed by atoms with Crippen LogP contribution in [0.4, 0.5) is 0 Å². The van der Waals surface area contributed by atoms with Crippen LogP contribution in [0.1, 0.15) is 76.0 Å². The Morgan fingerprint density at radius 1 is 1.20 bits per heavy atom. The maximum atomic E-state index is 13.1. The first kappa shape index (κ1) is 18.3. The lowest BCUT2D eigenvalue weighted by Crippen LogP contribution is -2.54. The van der Waals surface area contributed by atoms with Crippen LogP contribution >= 0.6 is 0 Å². The summed E-state index contributed by atoms with van der Waals surface area (Å²) in [6, 6.07) is 4.43. The Kier molecular flexibility index (Phi) is 4.63. The van der Waals surface area contributed by atoms with Crippen molar-refractivity contribution in [3.05, 3.63) is 28.8 Å². The topological polar surface area (TPSA) is 35.5 Å². The lowest BCUT2D eigenvalue weighted by Gasteiger charge is -2.54. The number of rotatable bonds is 3. The predicted octanol–water partition coefficient (Wildman–Crippen LogP) is 5.00. The van der Waals surface area contributed by atoms with Crippen LogP contribution in [-0.4, -0.2) is 20.2 Å². The molecule has 1 fully saturated rings. The summed E-state index contributed by atoms with van der Waals surface area (Å²) in [6.45, 7) is 9.02. The van der Waals surface area contributed by atoms with E-state index in [-0.39, 0.29) is 11.4 Å². The van der Waals surface area contributed by atoms with Crippen molar-refractivity contribution in [2.75, 3.05) is 14.2 Å². The van der Waals surface area contributed by atoms with Gasteiger partial charge in [0.15, 0.2) is 0 Å². The van der Waals surface area contributed by atoms with Crippen LogP contribution in [0.3, 0.4) is 0 Å². The van der Waals surface area contributed by atoms with E-state index >= 15 is 0 Å². The molecule has 3 heteroatoms. The van der Waals surface area contributed by atoms with Crippen LogP contribution < -0.4 is 4.74 Å². The number of aryl methyl sites for hydroxylation is 1. The lowest BCUT2D eigenvalue weighted by molar-refractivity contribution is -0.156. The second kappa shape index (κ2) is 6.34. The van der Waals surface area contributed by atoms with Gasteiger partial charge in [0.25, 0.3) is 0 Å². The summed E-state index contributed by atoms with van der Waals surface area (Å²) in [5.74, 6) is 1.56. The smallest absolute Gasteiger partial charge is 0.316 e. The molecule has 0 saturated heterocycles. The molecule has 0 N–H and O–H groups in total. The molecule has 0 spiro atoms. The molecule has 1 aromatic carbocycles. The fourth-order valence-corrected chi connectivity index (χ4v) is 5.53. The quantitative estimate of drug-likeness (QED) is 0.724. The summed E-state index contributed by atoms with van der Waals surface area (Å²) >= 11 is 0. The number of ether oxygens (including phenoxy) is 2. The summed E-state index contributed by atoms with van der Waals surface area (Å²) in [5.41, 5.74) is 3.32. The van der Waals surface area contributed by atoms with Crippen molar-refractivity contribution in [2.24, 2.45) is 11.3 Å². The number of carbonyl (C=O) groups is 1. The van der Waals surface area contributed by atoms with E-state index in [0.29, 0.717) is 11.8 Å². The number of benzene rings is 1. The number of hydrogen-bond donors (Lipinski definition) is 0. The van der Waals surface area contributed by atoms with E-state index in [0.717, 1.165) is 37.0 Å². The fourth-order valence-electron chi connectivity index (χ4n) is 5.53. The van der Waals surface area contributed by atoms with Crippen LogP contribution in [-0.2, 0) is 21.4 Å². The number of fused-ring (bicyclic) bond motifs is 3. The highest BCUT2D eigenvalue weighted by molar-refractivity contribution is 5.85. The van der Waals surface area contributed by atoms with Gasteiger partial charge in [-0.15, -0.1) is 0 Å². The van der Waals surface area contributed by atoms with Crippen LogP contribution in [0, 0.1) is 11.3 Å². The Labute approximate surface area is 152 Å². The monoisotopic (exact) mass is 344 g/mol. The third-order valence-corrected chi connectivity index (χ3v) is 6.74. The van der Waals surface area contributed by atoms with E-state index in [1.807, 2.05) is 0 Å². The minimum atomic E-state index is -0.521. The zero-order valence-corrected chi connectivity index (χ0v) is 16.6. The molecule has 25 heavy (non-hydrogen) atoms. The van der Waals surface area contributed by atoms with Gasteiger partial charge in [0.1, 0.15) is 5.75 Å². The van der Waals surface area contributed by atoms with Gasteiger partial charge in [-0.05, 0) is 65.7 Å². The molecule has 0 heterocycles. The van der Waals surface area contributed by atoms with E-state index < -0.39 is 5.41 Å². The Bertz CT molecular complexity index is 674. The Hall–Kier alpha value is -1.51. The molecule has 1 saturated carbocycles. The van der Waals surface area contributed by atoms with Crippen molar-refractivity contribution in [2.45, 2.75) is 71.1 Å². The van der Waals surface area contributed by atoms with E-state index in [2.05, 4.69) is 39.8 Å². The molecule has 0 aliphatic heterocycles. The highest BCUT2D eigenvalue weighted by atomic mass is 16.5. The molecule has 3 rings (SSSR count). The molecule has 3 nitrogen and oxygen atoms in total. The summed E-state index contributed by atoms with van der Waals surface area (Å²) in [7, 11) is 3.26. The van der Waals surface area contributed by atoms with Crippen molar-refractivity contribution >= 4 is 5.97 Å². The van der Waals surface area contributed by atoms with Crippen LogP contribution in [0.25, 0.3) is 0 Å². The number of carbonyl (C=O) groups excluding carboxylic acids is 1. The molecular formula is C22H32O3. The zero-order valence-electron chi connectivity index (χ0n) is 16.6. The highest BCUT2D eigenvalue weighted by Gasteiger charge is 2.57. The fraction of sp³-hybridized carbons (Fsp3) is 0.682. The highest BCUT2D eigenvalue weighted by Crippen LogP contribution is 2.58. The van der Waals surface area contributed by atoms with Crippen LogP contribution in [0.15, 0.2) is 12.1 Å². The molecule has 1 aromatic rings. The SMILES string of the molecule is COC(=O)[C@]12CCCC(C)(C)[C@@H]1CCc1cc(C(C)C)c(OC)cc12. The maximum Gasteiger partial charge on any atom is 0.316 e. The largest absolute Gasteiger partial charge is 0.496 e. The van der Waals surface area contributed by atoms with Gasteiger partial charge in [0.2, 0.25) is 0 Å². The molecule has 0 unspecified atom stereocenters. The van der Waals surface area contributed by atoms with E-state index in [1.165, 1.54) is 24.7 Å². The van der Waals surface area contributed by atoms with Crippen molar-refractivity contribution in [1.29, 1.82) is 0 Å². The van der Waals surface area contributed by atoms with Crippen molar-refractivity contribution in [3.63, 3.8) is 0 Å². The van der Waals surface area contributed by atoms with Gasteiger partial charge in [-0.3, -0.25) is 4.79 Å². The van der Waals surface area contributed by atoms with E-state index in [1.54, 1.807) is 7.11 Å². The van der Waals surface area contributed by atoms with Crippen molar-refractivity contribution in [1.82, 2.24) is 0 Å². The van der Waals surface area contributed by atoms with Gasteiger partial charge in [0, 0.05) is 0 Å². The molecular weight excluding hydrogens is 312 g/mol. The van der Waals surface area contributed by atoms with Gasteiger partial charge in [-0.2, -0.15) is 0 Å². The first-order valence-corrected chi connectivity index (χ1v) is 9.57. The van der Waals surface area contributed by atoms with Gasteiger partial charge >= 0.3 is 5.97 Å². The molecule has 0 bridgehead atoms. The van der Waals surface area contributed by atoms with Gasteiger partial charge in [0.05, 0.1) is 19.6 Å². The summed E-state index contributed by atoms with van der Waals surface area (Å²) in [6.07, 6.45) is 5.20. The second-order valence-corrected chi connectivity index (χ2v) is 8.80. The number of hydrogen-bond acceptors (Lipinski definition) is 3. The molecule has 2 aliphatic carbocycles. The standard InChI is InChI=1S/C22H32O3/c1-14(2)16-12-15-8-9-19-21(3,4)10-7-11-22(19,20(23)25-6)17(15)13-18(16)24-5/h12-14,19H,7-11H2,1-6H3/t19-,22-/m0/s1. The minimum Gasteiger partial charge on any atom is -0.496 e. The normalized spacial score (nSPS) is 27.4. The van der Waals surface area contributed by atoms with Crippen molar-refractivity contribution in [3.8, 4) is 5.75 Å². The third kappa shape index (κ3) is 2.67. The average molecular weight is 344 g/mol. The first-order chi connectivity index (χ1) is 11.8. The summed E-state index contributed by atoms with van der Waals surface area (Å²) < 4.78 is 11.1. The first-order valence-electron chi connectivity index (χ1n) is 9.57. The minimum absolute atomic E-state index is 0.0643. The maximum absolute atomic E-state index is 13.1. The van der Waals surface area contributed by atoms with E-state index in [4.69, 9.17) is 9.47 Å². The number of methoxy groups -OCH3 is 2. The summed E-state index contributed by atoms with van der Waals surface area (Å²) in [4.78, 5) is 13.1. The molecule has 2 atom stereocenters. The Morgan fingerprint density at radius 3 is 2.52 bits per heavy atom.